The van der Waals surface area contributed by atoms with Gasteiger partial charge < -0.3 is 20.1 Å². The Hall–Kier alpha value is -1.89. The predicted molar refractivity (Wildman–Crippen MR) is 81.4 cm³/mol. The molecule has 2 rings (SSSR count). The standard InChI is InChI=1S/C16H22F2N2O3/c1-20(15(21)11-4-3-5-12(11)19)9-10-6-7-13(22-2)14(8-10)23-16(17)18/h6-8,11-12,16H,3-5,9,19H2,1-2H3/t11-,12+/m0/s1. The molecule has 0 unspecified atom stereocenters. The van der Waals surface area contributed by atoms with Crippen LogP contribution in [0.3, 0.4) is 0 Å². The molecule has 0 saturated heterocycles. The van der Waals surface area contributed by atoms with Gasteiger partial charge in [0.2, 0.25) is 5.91 Å². The molecule has 0 aliphatic heterocycles. The third-order valence-electron chi connectivity index (χ3n) is 4.13. The summed E-state index contributed by atoms with van der Waals surface area (Å²) in [5.41, 5.74) is 6.64. The maximum Gasteiger partial charge on any atom is 0.387 e. The quantitative estimate of drug-likeness (QED) is 0.871. The molecule has 2 N–H and O–H groups in total. The van der Waals surface area contributed by atoms with Crippen molar-refractivity contribution in [2.75, 3.05) is 14.2 Å². The zero-order valence-electron chi connectivity index (χ0n) is 13.3. The minimum absolute atomic E-state index is 0.0119. The van der Waals surface area contributed by atoms with Gasteiger partial charge in [0.15, 0.2) is 11.5 Å². The largest absolute Gasteiger partial charge is 0.493 e. The Bertz CT molecular complexity index is 554. The topological polar surface area (TPSA) is 64.8 Å². The number of rotatable bonds is 6. The molecule has 0 heterocycles. The molecule has 0 radical (unpaired) electrons. The summed E-state index contributed by atoms with van der Waals surface area (Å²) in [5.74, 6) is 0.0106. The lowest BCUT2D eigenvalue weighted by Crippen LogP contribution is -2.39. The summed E-state index contributed by atoms with van der Waals surface area (Å²) >= 11 is 0. The van der Waals surface area contributed by atoms with Gasteiger partial charge in [-0.2, -0.15) is 8.78 Å². The summed E-state index contributed by atoms with van der Waals surface area (Å²) in [5, 5.41) is 0. The van der Waals surface area contributed by atoms with Crippen molar-refractivity contribution in [1.82, 2.24) is 4.90 Å². The molecule has 23 heavy (non-hydrogen) atoms. The van der Waals surface area contributed by atoms with Crippen molar-refractivity contribution < 1.29 is 23.0 Å². The van der Waals surface area contributed by atoms with Crippen molar-refractivity contribution in [1.29, 1.82) is 0 Å². The number of nitrogens with two attached hydrogens (primary N) is 1. The Kier molecular flexibility index (Phi) is 5.76. The van der Waals surface area contributed by atoms with Crippen molar-refractivity contribution in [3.63, 3.8) is 0 Å². The van der Waals surface area contributed by atoms with Crippen LogP contribution in [0.4, 0.5) is 8.78 Å². The number of hydrogen-bond donors (Lipinski definition) is 1. The van der Waals surface area contributed by atoms with Crippen LogP contribution in [0.2, 0.25) is 0 Å². The number of hydrogen-bond acceptors (Lipinski definition) is 4. The van der Waals surface area contributed by atoms with Gasteiger partial charge in [0, 0.05) is 19.6 Å². The van der Waals surface area contributed by atoms with Crippen LogP contribution in [0.15, 0.2) is 18.2 Å². The minimum atomic E-state index is -2.94. The summed E-state index contributed by atoms with van der Waals surface area (Å²) < 4.78 is 34.3. The molecule has 1 fully saturated rings. The Morgan fingerprint density at radius 2 is 2.13 bits per heavy atom. The molecular weight excluding hydrogens is 306 g/mol. The summed E-state index contributed by atoms with van der Waals surface area (Å²) in [4.78, 5) is 14.0. The molecule has 0 aromatic heterocycles. The van der Waals surface area contributed by atoms with Crippen LogP contribution in [0, 0.1) is 5.92 Å². The van der Waals surface area contributed by atoms with E-state index in [1.165, 1.54) is 13.2 Å². The van der Waals surface area contributed by atoms with E-state index in [9.17, 15) is 13.6 Å². The molecule has 2 atom stereocenters. The summed E-state index contributed by atoms with van der Waals surface area (Å²) in [6, 6.07) is 4.63. The van der Waals surface area contributed by atoms with Crippen LogP contribution in [-0.4, -0.2) is 37.6 Å². The predicted octanol–water partition coefficient (Wildman–Crippen LogP) is 2.38. The lowest BCUT2D eigenvalue weighted by Gasteiger charge is -2.24. The number of alkyl halides is 2. The molecule has 1 aromatic rings. The molecule has 1 aliphatic rings. The van der Waals surface area contributed by atoms with Gasteiger partial charge >= 0.3 is 6.61 Å². The van der Waals surface area contributed by atoms with Crippen LogP contribution in [-0.2, 0) is 11.3 Å². The number of amides is 1. The number of carbonyl (C=O) groups excluding carboxylic acids is 1. The summed E-state index contributed by atoms with van der Waals surface area (Å²) in [6.45, 7) is -2.64. The molecule has 5 nitrogen and oxygen atoms in total. The van der Waals surface area contributed by atoms with Gasteiger partial charge in [0.05, 0.1) is 13.0 Å². The highest BCUT2D eigenvalue weighted by molar-refractivity contribution is 5.79. The third-order valence-corrected chi connectivity index (χ3v) is 4.13. The zero-order valence-corrected chi connectivity index (χ0v) is 13.3. The van der Waals surface area contributed by atoms with E-state index < -0.39 is 6.61 Å². The summed E-state index contributed by atoms with van der Waals surface area (Å²) in [7, 11) is 3.07. The van der Waals surface area contributed by atoms with Crippen molar-refractivity contribution in [3.05, 3.63) is 23.8 Å². The van der Waals surface area contributed by atoms with Crippen LogP contribution < -0.4 is 15.2 Å². The van der Waals surface area contributed by atoms with Gasteiger partial charge in [-0.15, -0.1) is 0 Å². The smallest absolute Gasteiger partial charge is 0.387 e. The fourth-order valence-electron chi connectivity index (χ4n) is 2.94. The van der Waals surface area contributed by atoms with Crippen LogP contribution in [0.25, 0.3) is 0 Å². The second-order valence-electron chi connectivity index (χ2n) is 5.76. The average Bonchev–Trinajstić information content (AvgIpc) is 2.92. The number of nitrogens with zero attached hydrogens (tertiary/aromatic N) is 1. The van der Waals surface area contributed by atoms with Gasteiger partial charge in [0.1, 0.15) is 0 Å². The Balaban J connectivity index is 2.08. The average molecular weight is 328 g/mol. The van der Waals surface area contributed by atoms with E-state index in [4.69, 9.17) is 10.5 Å². The first-order chi connectivity index (χ1) is 10.9. The number of ether oxygens (including phenoxy) is 2. The van der Waals surface area contributed by atoms with Crippen LogP contribution >= 0.6 is 0 Å². The monoisotopic (exact) mass is 328 g/mol. The normalized spacial score (nSPS) is 20.6. The second-order valence-corrected chi connectivity index (χ2v) is 5.76. The fraction of sp³-hybridized carbons (Fsp3) is 0.562. The molecule has 128 valence electrons. The number of halogens is 2. The third kappa shape index (κ3) is 4.31. The van der Waals surface area contributed by atoms with Gasteiger partial charge in [-0.05, 0) is 30.5 Å². The highest BCUT2D eigenvalue weighted by Gasteiger charge is 2.32. The lowest BCUT2D eigenvalue weighted by atomic mass is 10.0. The van der Waals surface area contributed by atoms with Gasteiger partial charge in [0.25, 0.3) is 0 Å². The number of carbonyl (C=O) groups is 1. The second kappa shape index (κ2) is 7.59. The first kappa shape index (κ1) is 17.5. The van der Waals surface area contributed by atoms with Crippen molar-refractivity contribution in [2.24, 2.45) is 11.7 Å². The first-order valence-corrected chi connectivity index (χ1v) is 7.54. The Morgan fingerprint density at radius 1 is 1.39 bits per heavy atom. The molecule has 7 heteroatoms. The van der Waals surface area contributed by atoms with Crippen molar-refractivity contribution >= 4 is 5.91 Å². The van der Waals surface area contributed by atoms with E-state index in [-0.39, 0.29) is 29.4 Å². The first-order valence-electron chi connectivity index (χ1n) is 7.54. The van der Waals surface area contributed by atoms with Crippen molar-refractivity contribution in [3.8, 4) is 11.5 Å². The number of benzene rings is 1. The van der Waals surface area contributed by atoms with Crippen LogP contribution in [0.5, 0.6) is 11.5 Å². The molecule has 1 aliphatic carbocycles. The van der Waals surface area contributed by atoms with E-state index in [1.807, 2.05) is 0 Å². The maximum atomic E-state index is 12.5. The summed E-state index contributed by atoms with van der Waals surface area (Å²) in [6.07, 6.45) is 2.62. The molecular formula is C16H22F2N2O3. The molecule has 0 bridgehead atoms. The van der Waals surface area contributed by atoms with Crippen molar-refractivity contribution in [2.45, 2.75) is 38.5 Å². The lowest BCUT2D eigenvalue weighted by molar-refractivity contribution is -0.134. The highest BCUT2D eigenvalue weighted by Crippen LogP contribution is 2.30. The van der Waals surface area contributed by atoms with E-state index in [0.717, 1.165) is 19.3 Å². The minimum Gasteiger partial charge on any atom is -0.493 e. The van der Waals surface area contributed by atoms with Crippen LogP contribution in [0.1, 0.15) is 24.8 Å². The van der Waals surface area contributed by atoms with E-state index in [2.05, 4.69) is 4.74 Å². The zero-order chi connectivity index (χ0) is 17.0. The highest BCUT2D eigenvalue weighted by atomic mass is 19.3. The molecule has 1 aromatic carbocycles. The van der Waals surface area contributed by atoms with E-state index in [1.54, 1.807) is 24.1 Å². The van der Waals surface area contributed by atoms with Gasteiger partial charge in [-0.25, -0.2) is 0 Å². The molecule has 1 amide bonds. The molecule has 0 spiro atoms. The fourth-order valence-corrected chi connectivity index (χ4v) is 2.94. The maximum absolute atomic E-state index is 12.5. The molecule has 1 saturated carbocycles. The SMILES string of the molecule is COc1ccc(CN(C)C(=O)[C@H]2CCC[C@H]2N)cc1OC(F)F. The van der Waals surface area contributed by atoms with E-state index >= 15 is 0 Å². The Labute approximate surface area is 134 Å². The van der Waals surface area contributed by atoms with Gasteiger partial charge in [-0.3, -0.25) is 4.79 Å². The Morgan fingerprint density at radius 3 is 2.70 bits per heavy atom. The van der Waals surface area contributed by atoms with E-state index in [0.29, 0.717) is 12.1 Å². The van der Waals surface area contributed by atoms with Gasteiger partial charge in [-0.1, -0.05) is 12.5 Å². The number of methoxy groups -OCH3 is 1.